The van der Waals surface area contributed by atoms with Crippen LogP contribution in [0.3, 0.4) is 0 Å². The summed E-state index contributed by atoms with van der Waals surface area (Å²) in [5.41, 5.74) is 0.611. The Balaban J connectivity index is 1.41. The minimum atomic E-state index is -3.89. The van der Waals surface area contributed by atoms with Crippen molar-refractivity contribution in [1.29, 1.82) is 0 Å². The molecule has 0 aromatic heterocycles. The number of carbonyl (C=O) groups excluding carboxylic acids is 3. The first-order valence-corrected chi connectivity index (χ1v) is 22.3. The lowest BCUT2D eigenvalue weighted by Gasteiger charge is -2.41. The van der Waals surface area contributed by atoms with Gasteiger partial charge < -0.3 is 15.3 Å². The van der Waals surface area contributed by atoms with E-state index >= 15 is 4.79 Å². The van der Waals surface area contributed by atoms with Crippen LogP contribution in [0.15, 0.2) is 67.3 Å². The SMILES string of the molecule is C=C[C@@H]1C[C@]1(NC(=O)[C@@H]1C[C@@]2(c3ccc(-c4ccccc4)cc3)CN1C(=O)[C@@H](N(C(=O)O)C(C)(C)C)CCCCCCCCCS2)C(=O)NS(=O)(=O)C1CC1. The molecule has 298 valence electrons. The van der Waals surface area contributed by atoms with E-state index in [2.05, 4.69) is 40.9 Å². The molecule has 55 heavy (non-hydrogen) atoms. The Bertz CT molecular complexity index is 1860. The maximum Gasteiger partial charge on any atom is 0.408 e. The zero-order chi connectivity index (χ0) is 39.6. The summed E-state index contributed by atoms with van der Waals surface area (Å²) in [6.07, 6.45) is 8.71. The fraction of sp³-hybridized carbons (Fsp3) is 0.571. The van der Waals surface area contributed by atoms with E-state index in [0.717, 1.165) is 61.0 Å². The van der Waals surface area contributed by atoms with Crippen LogP contribution in [0, 0.1) is 5.92 Å². The highest BCUT2D eigenvalue weighted by Gasteiger charge is 2.62. The first-order chi connectivity index (χ1) is 26.1. The zero-order valence-corrected chi connectivity index (χ0v) is 33.9. The Kier molecular flexibility index (Phi) is 12.1. The van der Waals surface area contributed by atoms with Crippen LogP contribution in [0.5, 0.6) is 0 Å². The van der Waals surface area contributed by atoms with Crippen molar-refractivity contribution in [2.75, 3.05) is 12.3 Å². The fourth-order valence-electron chi connectivity index (χ4n) is 8.38. The minimum Gasteiger partial charge on any atom is -0.465 e. The maximum atomic E-state index is 15.1. The lowest BCUT2D eigenvalue weighted by Crippen LogP contribution is -2.60. The Hall–Kier alpha value is -3.84. The van der Waals surface area contributed by atoms with Crippen molar-refractivity contribution in [1.82, 2.24) is 19.8 Å². The molecule has 0 unspecified atom stereocenters. The summed E-state index contributed by atoms with van der Waals surface area (Å²) in [5.74, 6) is -1.52. The number of thioether (sulfide) groups is 1. The van der Waals surface area contributed by atoms with Gasteiger partial charge in [0.2, 0.25) is 21.8 Å². The second-order valence-corrected chi connectivity index (χ2v) is 20.2. The Morgan fingerprint density at radius 3 is 2.11 bits per heavy atom. The largest absolute Gasteiger partial charge is 0.465 e. The summed E-state index contributed by atoms with van der Waals surface area (Å²) < 4.78 is 27.2. The van der Waals surface area contributed by atoms with Gasteiger partial charge in [-0.2, -0.15) is 0 Å². The highest BCUT2D eigenvalue weighted by atomic mass is 32.2. The molecular weight excluding hydrogens is 737 g/mol. The minimum absolute atomic E-state index is 0.160. The normalized spacial score (nSPS) is 27.9. The Morgan fingerprint density at radius 2 is 1.53 bits per heavy atom. The number of carboxylic acid groups (broad SMARTS) is 1. The van der Waals surface area contributed by atoms with E-state index in [-0.39, 0.29) is 19.4 Å². The number of nitrogens with one attached hydrogen (secondary N) is 2. The standard InChI is InChI=1S/C42H56N4O7S2/c1-5-31-26-42(31,38(49)44-55(52,53)33-23-24-33)43-36(47)35-27-41(32-21-19-30(20-22-32)29-16-12-11-13-17-29)28-45(35)37(48)34(46(39(50)51)40(2,3)4)18-14-9-7-6-8-10-15-25-54-41/h5,11-13,16-17,19-22,31,33-35H,1,6-10,14-15,18,23-28H2,2-4H3,(H,43,47)(H,44,49)(H,50,51)/t31-,34+,35+,41+,42-/m1/s1. The fourth-order valence-corrected chi connectivity index (χ4v) is 11.3. The van der Waals surface area contributed by atoms with Crippen LogP contribution in [0.25, 0.3) is 11.1 Å². The number of carbonyl (C=O) groups is 4. The zero-order valence-electron chi connectivity index (χ0n) is 32.3. The number of nitrogens with zero attached hydrogens (tertiary/aromatic N) is 2. The molecule has 4 amide bonds. The van der Waals surface area contributed by atoms with Gasteiger partial charge in [0, 0.05) is 18.0 Å². The van der Waals surface area contributed by atoms with Gasteiger partial charge in [0.15, 0.2) is 0 Å². The summed E-state index contributed by atoms with van der Waals surface area (Å²) in [4.78, 5) is 59.3. The van der Waals surface area contributed by atoms with Gasteiger partial charge in [-0.15, -0.1) is 18.3 Å². The quantitative estimate of drug-likeness (QED) is 0.234. The van der Waals surface area contributed by atoms with Gasteiger partial charge in [0.25, 0.3) is 5.91 Å². The second-order valence-electron chi connectivity index (χ2n) is 16.8. The van der Waals surface area contributed by atoms with Crippen molar-refractivity contribution in [2.24, 2.45) is 5.92 Å². The topological polar surface area (TPSA) is 153 Å². The molecular formula is C42H56N4O7S2. The number of rotatable bonds is 9. The highest BCUT2D eigenvalue weighted by molar-refractivity contribution is 8.00. The highest BCUT2D eigenvalue weighted by Crippen LogP contribution is 2.50. The molecule has 11 nitrogen and oxygen atoms in total. The van der Waals surface area contributed by atoms with Gasteiger partial charge in [-0.1, -0.05) is 99.2 Å². The third-order valence-electron chi connectivity index (χ3n) is 11.7. The summed E-state index contributed by atoms with van der Waals surface area (Å²) in [6.45, 7) is 9.31. The smallest absolute Gasteiger partial charge is 0.408 e. The van der Waals surface area contributed by atoms with Crippen LogP contribution in [-0.4, -0.2) is 87.8 Å². The number of amides is 4. The van der Waals surface area contributed by atoms with Gasteiger partial charge in [0.05, 0.1) is 10.00 Å². The van der Waals surface area contributed by atoms with Crippen LogP contribution in [0.2, 0.25) is 0 Å². The monoisotopic (exact) mass is 792 g/mol. The third-order valence-corrected chi connectivity index (χ3v) is 15.1. The molecule has 2 heterocycles. The average molecular weight is 793 g/mol. The van der Waals surface area contributed by atoms with Crippen molar-refractivity contribution >= 4 is 45.6 Å². The van der Waals surface area contributed by atoms with Gasteiger partial charge in [-0.3, -0.25) is 24.0 Å². The van der Waals surface area contributed by atoms with Gasteiger partial charge in [0.1, 0.15) is 17.6 Å². The molecule has 2 aromatic rings. The molecule has 13 heteroatoms. The first-order valence-electron chi connectivity index (χ1n) is 19.8. The van der Waals surface area contributed by atoms with Crippen LogP contribution in [0.1, 0.15) is 103 Å². The number of fused-ring (bicyclic) bond motifs is 2. The van der Waals surface area contributed by atoms with E-state index < -0.39 is 72.9 Å². The summed E-state index contributed by atoms with van der Waals surface area (Å²) in [7, 11) is -3.89. The van der Waals surface area contributed by atoms with E-state index in [4.69, 9.17) is 0 Å². The second kappa shape index (κ2) is 16.3. The van der Waals surface area contributed by atoms with Crippen LogP contribution in [-0.2, 0) is 29.2 Å². The number of hydrogen-bond donors (Lipinski definition) is 3. The molecule has 0 spiro atoms. The number of hydrogen-bond acceptors (Lipinski definition) is 7. The van der Waals surface area contributed by atoms with Crippen molar-refractivity contribution in [2.45, 2.75) is 131 Å². The molecule has 0 radical (unpaired) electrons. The number of benzene rings is 2. The van der Waals surface area contributed by atoms with Crippen molar-refractivity contribution in [3.63, 3.8) is 0 Å². The first kappa shape index (κ1) is 40.8. The lowest BCUT2D eigenvalue weighted by molar-refractivity contribution is -0.144. The number of sulfonamides is 1. The van der Waals surface area contributed by atoms with E-state index in [9.17, 15) is 27.9 Å². The molecule has 5 atom stereocenters. The molecule has 2 bridgehead atoms. The Labute approximate surface area is 330 Å². The van der Waals surface area contributed by atoms with E-state index in [0.29, 0.717) is 25.7 Å². The molecule has 4 aliphatic rings. The molecule has 2 aliphatic carbocycles. The van der Waals surface area contributed by atoms with Crippen LogP contribution in [0.4, 0.5) is 4.79 Å². The predicted molar refractivity (Wildman–Crippen MR) is 216 cm³/mol. The van der Waals surface area contributed by atoms with Gasteiger partial charge >= 0.3 is 6.09 Å². The molecule has 4 fully saturated rings. The average Bonchev–Trinajstić information content (AvgIpc) is 4.08. The van der Waals surface area contributed by atoms with E-state index in [1.807, 2.05) is 30.3 Å². The summed E-state index contributed by atoms with van der Waals surface area (Å²) in [5, 5.41) is 12.9. The molecule has 2 aliphatic heterocycles. The van der Waals surface area contributed by atoms with E-state index in [1.165, 1.54) is 4.90 Å². The van der Waals surface area contributed by atoms with Crippen molar-refractivity contribution in [3.05, 3.63) is 72.8 Å². The molecule has 2 aromatic carbocycles. The van der Waals surface area contributed by atoms with Crippen LogP contribution < -0.4 is 10.0 Å². The third kappa shape index (κ3) is 8.93. The van der Waals surface area contributed by atoms with E-state index in [1.54, 1.807) is 43.5 Å². The Morgan fingerprint density at radius 1 is 0.909 bits per heavy atom. The molecule has 2 saturated heterocycles. The predicted octanol–water partition coefficient (Wildman–Crippen LogP) is 6.83. The van der Waals surface area contributed by atoms with Gasteiger partial charge in [-0.05, 0) is 81.7 Å². The summed E-state index contributed by atoms with van der Waals surface area (Å²) in [6, 6.07) is 16.2. The van der Waals surface area contributed by atoms with Gasteiger partial charge in [-0.25, -0.2) is 13.2 Å². The maximum absolute atomic E-state index is 15.1. The van der Waals surface area contributed by atoms with Crippen LogP contribution >= 0.6 is 11.8 Å². The molecule has 2 saturated carbocycles. The molecule has 6 rings (SSSR count). The lowest BCUT2D eigenvalue weighted by atomic mass is 9.93. The summed E-state index contributed by atoms with van der Waals surface area (Å²) >= 11 is 1.73. The van der Waals surface area contributed by atoms with Crippen molar-refractivity contribution in [3.8, 4) is 11.1 Å². The molecule has 3 N–H and O–H groups in total. The van der Waals surface area contributed by atoms with Crippen molar-refractivity contribution < 1.29 is 32.7 Å².